The van der Waals surface area contributed by atoms with E-state index in [-0.39, 0.29) is 0 Å². The normalized spacial score (nSPS) is 12.8. The second kappa shape index (κ2) is 8.68. The first-order chi connectivity index (χ1) is 24.8. The lowest BCUT2D eigenvalue weighted by Crippen LogP contribution is -1.98. The standard InChI is InChI=1S/C48H26N2/c1-2-12-28-27(11-1)29-13-3-4-15-31(29)34-23-24-39-36-19-10-21-38-41-25-40-37-20-9-18-35-32-16-7-8-22-42(32)49(46(35)37)43(40)26-44(41)50(47(36)38)48(39)45(34)33-17-6-5-14-30(28)33/h1-26H. The number of hydrogen-bond donors (Lipinski definition) is 0. The van der Waals surface area contributed by atoms with Crippen LogP contribution in [0.2, 0.25) is 0 Å². The zero-order valence-electron chi connectivity index (χ0n) is 26.9. The molecule has 228 valence electrons. The SMILES string of the molecule is c1ccc2c(c1)-c1ccccc1-c1ccc3c4cccc5c6cc7c8cccc9c%10ccccc%10n(c7cc6n(c3c1-c1ccccc1-2)c54)c98. The molecule has 13 rings (SSSR count). The average Bonchev–Trinajstić information content (AvgIpc) is 3.90. The molecule has 4 heterocycles. The monoisotopic (exact) mass is 630 g/mol. The maximum atomic E-state index is 2.60. The lowest BCUT2D eigenvalue weighted by Gasteiger charge is -2.23. The largest absolute Gasteiger partial charge is 0.308 e. The third-order valence-corrected chi connectivity index (χ3v) is 11.7. The topological polar surface area (TPSA) is 8.82 Å². The van der Waals surface area contributed by atoms with Gasteiger partial charge in [-0.25, -0.2) is 0 Å². The molecule has 1 aliphatic rings. The first kappa shape index (κ1) is 25.4. The van der Waals surface area contributed by atoms with Crippen LogP contribution in [0.15, 0.2) is 158 Å². The van der Waals surface area contributed by atoms with Gasteiger partial charge >= 0.3 is 0 Å². The van der Waals surface area contributed by atoms with E-state index in [0.717, 1.165) is 0 Å². The minimum Gasteiger partial charge on any atom is -0.308 e. The van der Waals surface area contributed by atoms with Crippen LogP contribution in [-0.2, 0) is 0 Å². The number of rotatable bonds is 0. The summed E-state index contributed by atoms with van der Waals surface area (Å²) >= 11 is 0. The molecule has 0 bridgehead atoms. The van der Waals surface area contributed by atoms with Crippen LogP contribution < -0.4 is 0 Å². The number of benzene rings is 8. The van der Waals surface area contributed by atoms with Gasteiger partial charge in [-0.2, -0.15) is 0 Å². The summed E-state index contributed by atoms with van der Waals surface area (Å²) in [5, 5.41) is 10.5. The molecule has 4 aromatic heterocycles. The molecular formula is C48H26N2. The molecule has 0 aliphatic heterocycles. The van der Waals surface area contributed by atoms with Gasteiger partial charge in [0.15, 0.2) is 0 Å². The van der Waals surface area contributed by atoms with Crippen LogP contribution in [0, 0.1) is 0 Å². The van der Waals surface area contributed by atoms with E-state index in [1.54, 1.807) is 0 Å². The van der Waals surface area contributed by atoms with Crippen molar-refractivity contribution in [1.29, 1.82) is 0 Å². The molecule has 1 aliphatic carbocycles. The average molecular weight is 631 g/mol. The highest BCUT2D eigenvalue weighted by atomic mass is 14.9. The minimum atomic E-state index is 1.25. The maximum absolute atomic E-state index is 2.60. The molecule has 0 amide bonds. The second-order valence-electron chi connectivity index (χ2n) is 14.0. The third-order valence-electron chi connectivity index (χ3n) is 11.7. The maximum Gasteiger partial charge on any atom is 0.0626 e. The van der Waals surface area contributed by atoms with Crippen LogP contribution in [0.5, 0.6) is 0 Å². The molecule has 0 N–H and O–H groups in total. The van der Waals surface area contributed by atoms with Gasteiger partial charge in [0.25, 0.3) is 0 Å². The van der Waals surface area contributed by atoms with Crippen molar-refractivity contribution in [3.63, 3.8) is 0 Å². The summed E-state index contributed by atoms with van der Waals surface area (Å²) in [5.41, 5.74) is 17.9. The third kappa shape index (κ3) is 2.83. The molecule has 0 fully saturated rings. The molecule has 0 unspecified atom stereocenters. The van der Waals surface area contributed by atoms with E-state index in [2.05, 4.69) is 167 Å². The van der Waals surface area contributed by atoms with Gasteiger partial charge in [0.1, 0.15) is 0 Å². The van der Waals surface area contributed by atoms with Gasteiger partial charge in [-0.1, -0.05) is 140 Å². The fourth-order valence-corrected chi connectivity index (χ4v) is 9.82. The molecule has 0 atom stereocenters. The Morgan fingerprint density at radius 1 is 0.240 bits per heavy atom. The molecule has 0 radical (unpaired) electrons. The van der Waals surface area contributed by atoms with E-state index in [1.807, 2.05) is 0 Å². The summed E-state index contributed by atoms with van der Waals surface area (Å²) in [4.78, 5) is 0. The molecule has 0 saturated heterocycles. The van der Waals surface area contributed by atoms with E-state index >= 15 is 0 Å². The zero-order valence-corrected chi connectivity index (χ0v) is 26.9. The van der Waals surface area contributed by atoms with E-state index in [1.165, 1.54) is 121 Å². The van der Waals surface area contributed by atoms with Gasteiger partial charge < -0.3 is 8.80 Å². The van der Waals surface area contributed by atoms with Gasteiger partial charge in [0, 0.05) is 48.7 Å². The number of para-hydroxylation sites is 3. The summed E-state index contributed by atoms with van der Waals surface area (Å²) in [6.45, 7) is 0. The summed E-state index contributed by atoms with van der Waals surface area (Å²) in [7, 11) is 0. The van der Waals surface area contributed by atoms with Crippen LogP contribution in [0.1, 0.15) is 0 Å². The number of aromatic nitrogens is 2. The predicted molar refractivity (Wildman–Crippen MR) is 211 cm³/mol. The van der Waals surface area contributed by atoms with Gasteiger partial charge in [0.2, 0.25) is 0 Å². The molecule has 2 heteroatoms. The highest BCUT2D eigenvalue weighted by Gasteiger charge is 2.28. The van der Waals surface area contributed by atoms with Gasteiger partial charge in [0.05, 0.1) is 33.1 Å². The Morgan fingerprint density at radius 2 is 0.680 bits per heavy atom. The van der Waals surface area contributed by atoms with Crippen LogP contribution in [0.25, 0.3) is 121 Å². The van der Waals surface area contributed by atoms with E-state index in [4.69, 9.17) is 0 Å². The molecule has 50 heavy (non-hydrogen) atoms. The Balaban J connectivity index is 1.29. The highest BCUT2D eigenvalue weighted by Crippen LogP contribution is 2.52. The van der Waals surface area contributed by atoms with Crippen LogP contribution in [0.3, 0.4) is 0 Å². The first-order valence-corrected chi connectivity index (χ1v) is 17.5. The van der Waals surface area contributed by atoms with Gasteiger partial charge in [-0.3, -0.25) is 0 Å². The Morgan fingerprint density at radius 3 is 1.34 bits per heavy atom. The summed E-state index contributed by atoms with van der Waals surface area (Å²) < 4.78 is 5.11. The fourth-order valence-electron chi connectivity index (χ4n) is 9.82. The lowest BCUT2D eigenvalue weighted by molar-refractivity contribution is 1.35. The van der Waals surface area contributed by atoms with Crippen molar-refractivity contribution in [2.45, 2.75) is 0 Å². The minimum absolute atomic E-state index is 1.25. The summed E-state index contributed by atoms with van der Waals surface area (Å²) in [6, 6.07) is 59.2. The number of nitrogens with zero attached hydrogens (tertiary/aromatic N) is 2. The van der Waals surface area contributed by atoms with Gasteiger partial charge in [-0.05, 0) is 57.1 Å². The first-order valence-electron chi connectivity index (χ1n) is 17.5. The van der Waals surface area contributed by atoms with Crippen molar-refractivity contribution < 1.29 is 0 Å². The quantitative estimate of drug-likeness (QED) is 0.158. The summed E-state index contributed by atoms with van der Waals surface area (Å²) in [5.74, 6) is 0. The summed E-state index contributed by atoms with van der Waals surface area (Å²) in [6.07, 6.45) is 0. The zero-order chi connectivity index (χ0) is 32.2. The Kier molecular flexibility index (Phi) is 4.41. The predicted octanol–water partition coefficient (Wildman–Crippen LogP) is 13.0. The smallest absolute Gasteiger partial charge is 0.0626 e. The molecule has 0 spiro atoms. The van der Waals surface area contributed by atoms with Crippen molar-refractivity contribution in [2.75, 3.05) is 0 Å². The van der Waals surface area contributed by atoms with E-state index in [0.29, 0.717) is 0 Å². The number of fused-ring (bicyclic) bond motifs is 21. The molecule has 12 aromatic rings. The van der Waals surface area contributed by atoms with Crippen molar-refractivity contribution >= 4 is 76.2 Å². The van der Waals surface area contributed by atoms with E-state index in [9.17, 15) is 0 Å². The van der Waals surface area contributed by atoms with Crippen LogP contribution >= 0.6 is 0 Å². The molecule has 8 aromatic carbocycles. The Labute approximate surface area is 286 Å². The Bertz CT molecular complexity index is 3420. The van der Waals surface area contributed by atoms with Crippen molar-refractivity contribution in [2.24, 2.45) is 0 Å². The number of hydrogen-bond acceptors (Lipinski definition) is 0. The molecular weight excluding hydrogens is 605 g/mol. The fraction of sp³-hybridized carbons (Fsp3) is 0. The Hall–Kier alpha value is -6.64. The van der Waals surface area contributed by atoms with E-state index < -0.39 is 0 Å². The lowest BCUT2D eigenvalue weighted by atomic mass is 9.80. The molecule has 2 nitrogen and oxygen atoms in total. The van der Waals surface area contributed by atoms with Crippen LogP contribution in [-0.4, -0.2) is 8.80 Å². The van der Waals surface area contributed by atoms with Gasteiger partial charge in [-0.15, -0.1) is 0 Å². The van der Waals surface area contributed by atoms with Crippen molar-refractivity contribution in [3.05, 3.63) is 158 Å². The second-order valence-corrected chi connectivity index (χ2v) is 14.0. The van der Waals surface area contributed by atoms with Crippen molar-refractivity contribution in [3.8, 4) is 44.5 Å². The molecule has 0 saturated carbocycles. The highest BCUT2D eigenvalue weighted by molar-refractivity contribution is 6.30. The van der Waals surface area contributed by atoms with Crippen molar-refractivity contribution in [1.82, 2.24) is 8.80 Å². The van der Waals surface area contributed by atoms with Crippen LogP contribution in [0.4, 0.5) is 0 Å².